The van der Waals surface area contributed by atoms with Gasteiger partial charge < -0.3 is 10.0 Å². The van der Waals surface area contributed by atoms with Crippen molar-refractivity contribution in [3.63, 3.8) is 0 Å². The molecule has 4 nitrogen and oxygen atoms in total. The fourth-order valence-electron chi connectivity index (χ4n) is 3.34. The zero-order chi connectivity index (χ0) is 13.0. The molecule has 0 aromatic carbocycles. The van der Waals surface area contributed by atoms with Crippen molar-refractivity contribution in [2.75, 3.05) is 6.54 Å². The second-order valence-corrected chi connectivity index (χ2v) is 5.58. The summed E-state index contributed by atoms with van der Waals surface area (Å²) in [5, 5.41) is 9.49. The van der Waals surface area contributed by atoms with Gasteiger partial charge in [-0.2, -0.15) is 0 Å². The normalized spacial score (nSPS) is 24.7. The maximum absolute atomic E-state index is 12.1. The predicted octanol–water partition coefficient (Wildman–Crippen LogP) is 2.42. The highest BCUT2D eigenvalue weighted by atomic mass is 16.4. The van der Waals surface area contributed by atoms with Gasteiger partial charge in [0.2, 0.25) is 5.91 Å². The van der Waals surface area contributed by atoms with Crippen LogP contribution in [0.3, 0.4) is 0 Å². The van der Waals surface area contributed by atoms with E-state index < -0.39 is 12.0 Å². The van der Waals surface area contributed by atoms with Crippen LogP contribution in [-0.4, -0.2) is 34.5 Å². The molecule has 1 amide bonds. The van der Waals surface area contributed by atoms with Crippen molar-refractivity contribution in [3.8, 4) is 0 Å². The largest absolute Gasteiger partial charge is 0.480 e. The minimum absolute atomic E-state index is 0.0467. The lowest BCUT2D eigenvalue weighted by Gasteiger charge is -2.35. The smallest absolute Gasteiger partial charge is 0.326 e. The van der Waals surface area contributed by atoms with E-state index in [4.69, 9.17) is 0 Å². The molecule has 0 radical (unpaired) electrons. The molecule has 2 fully saturated rings. The maximum Gasteiger partial charge on any atom is 0.326 e. The van der Waals surface area contributed by atoms with E-state index in [0.29, 0.717) is 13.0 Å². The minimum atomic E-state index is -0.808. The van der Waals surface area contributed by atoms with Gasteiger partial charge >= 0.3 is 5.97 Å². The standard InChI is InChI=1S/C14H23NO3/c16-12-9-5-2-6-10-15(12)13(14(17)18)11-7-3-1-4-8-11/h11,13H,1-10H2,(H,17,18). The molecular weight excluding hydrogens is 230 g/mol. The number of carbonyl (C=O) groups is 2. The molecule has 1 aliphatic carbocycles. The highest BCUT2D eigenvalue weighted by Crippen LogP contribution is 2.30. The van der Waals surface area contributed by atoms with Gasteiger partial charge in [0.25, 0.3) is 0 Å². The van der Waals surface area contributed by atoms with Gasteiger partial charge in [-0.3, -0.25) is 4.79 Å². The molecule has 1 aliphatic heterocycles. The number of likely N-dealkylation sites (tertiary alicyclic amines) is 1. The number of amides is 1. The van der Waals surface area contributed by atoms with Gasteiger partial charge in [-0.25, -0.2) is 4.79 Å². The van der Waals surface area contributed by atoms with Crippen LogP contribution in [0.5, 0.6) is 0 Å². The molecule has 2 aliphatic rings. The first-order chi connectivity index (χ1) is 8.70. The zero-order valence-corrected chi connectivity index (χ0v) is 10.9. The molecule has 18 heavy (non-hydrogen) atoms. The molecule has 0 spiro atoms. The molecule has 4 heteroatoms. The third kappa shape index (κ3) is 3.03. The van der Waals surface area contributed by atoms with Gasteiger partial charge in [-0.05, 0) is 31.6 Å². The van der Waals surface area contributed by atoms with Crippen LogP contribution < -0.4 is 0 Å². The summed E-state index contributed by atoms with van der Waals surface area (Å²) >= 11 is 0. The van der Waals surface area contributed by atoms with Crippen molar-refractivity contribution in [1.82, 2.24) is 4.90 Å². The second kappa shape index (κ2) is 6.21. The summed E-state index contributed by atoms with van der Waals surface area (Å²) in [5.41, 5.74) is 0. The number of hydrogen-bond acceptors (Lipinski definition) is 2. The summed E-state index contributed by atoms with van der Waals surface area (Å²) in [4.78, 5) is 25.3. The van der Waals surface area contributed by atoms with Crippen LogP contribution >= 0.6 is 0 Å². The van der Waals surface area contributed by atoms with E-state index in [1.54, 1.807) is 4.90 Å². The van der Waals surface area contributed by atoms with Gasteiger partial charge in [0, 0.05) is 13.0 Å². The van der Waals surface area contributed by atoms with Crippen LogP contribution in [-0.2, 0) is 9.59 Å². The van der Waals surface area contributed by atoms with Gasteiger partial charge in [0.05, 0.1) is 0 Å². The Morgan fingerprint density at radius 1 is 1.11 bits per heavy atom. The monoisotopic (exact) mass is 253 g/mol. The van der Waals surface area contributed by atoms with Crippen LogP contribution in [0.25, 0.3) is 0 Å². The highest BCUT2D eigenvalue weighted by molar-refractivity contribution is 5.84. The number of carboxylic acids is 1. The fourth-order valence-corrected chi connectivity index (χ4v) is 3.34. The first-order valence-electron chi connectivity index (χ1n) is 7.22. The quantitative estimate of drug-likeness (QED) is 0.840. The lowest BCUT2D eigenvalue weighted by Crippen LogP contribution is -2.49. The van der Waals surface area contributed by atoms with Crippen molar-refractivity contribution >= 4 is 11.9 Å². The Kier molecular flexibility index (Phi) is 4.61. The summed E-state index contributed by atoms with van der Waals surface area (Å²) in [5.74, 6) is -0.596. The number of hydrogen-bond donors (Lipinski definition) is 1. The van der Waals surface area contributed by atoms with E-state index in [0.717, 1.165) is 44.9 Å². The Hall–Kier alpha value is -1.06. The summed E-state index contributed by atoms with van der Waals surface area (Å²) in [6.07, 6.45) is 8.76. The first-order valence-corrected chi connectivity index (χ1v) is 7.22. The Labute approximate surface area is 108 Å². The Morgan fingerprint density at radius 3 is 2.44 bits per heavy atom. The number of rotatable bonds is 3. The molecule has 1 N–H and O–H groups in total. The van der Waals surface area contributed by atoms with Crippen LogP contribution in [0.2, 0.25) is 0 Å². The third-order valence-corrected chi connectivity index (χ3v) is 4.30. The average Bonchev–Trinajstić information content (AvgIpc) is 2.56. The minimum Gasteiger partial charge on any atom is -0.480 e. The molecule has 2 rings (SSSR count). The number of aliphatic carboxylic acids is 1. The molecule has 1 heterocycles. The van der Waals surface area contributed by atoms with E-state index in [1.165, 1.54) is 6.42 Å². The van der Waals surface area contributed by atoms with Crippen molar-refractivity contribution in [3.05, 3.63) is 0 Å². The third-order valence-electron chi connectivity index (χ3n) is 4.30. The Balaban J connectivity index is 2.11. The first kappa shape index (κ1) is 13.4. The molecule has 102 valence electrons. The summed E-state index contributed by atoms with van der Waals surface area (Å²) < 4.78 is 0. The molecule has 1 saturated heterocycles. The molecular formula is C14H23NO3. The van der Waals surface area contributed by atoms with E-state index >= 15 is 0 Å². The Morgan fingerprint density at radius 2 is 1.78 bits per heavy atom. The molecule has 0 bridgehead atoms. The Bertz CT molecular complexity index is 310. The fraction of sp³-hybridized carbons (Fsp3) is 0.857. The predicted molar refractivity (Wildman–Crippen MR) is 68.2 cm³/mol. The average molecular weight is 253 g/mol. The van der Waals surface area contributed by atoms with E-state index in [1.807, 2.05) is 0 Å². The van der Waals surface area contributed by atoms with Crippen LogP contribution in [0.1, 0.15) is 57.8 Å². The number of carboxylic acid groups (broad SMARTS) is 1. The molecule has 0 aromatic rings. The number of nitrogens with zero attached hydrogens (tertiary/aromatic N) is 1. The van der Waals surface area contributed by atoms with Crippen molar-refractivity contribution in [1.29, 1.82) is 0 Å². The van der Waals surface area contributed by atoms with E-state index in [2.05, 4.69) is 0 Å². The number of carbonyl (C=O) groups excluding carboxylic acids is 1. The van der Waals surface area contributed by atoms with Crippen molar-refractivity contribution in [2.45, 2.75) is 63.8 Å². The van der Waals surface area contributed by atoms with Gasteiger partial charge in [0.1, 0.15) is 6.04 Å². The highest BCUT2D eigenvalue weighted by Gasteiger charge is 2.37. The van der Waals surface area contributed by atoms with E-state index in [9.17, 15) is 14.7 Å². The molecule has 0 aromatic heterocycles. The SMILES string of the molecule is O=C(O)C(C1CCCCC1)N1CCCCCC1=O. The van der Waals surface area contributed by atoms with Crippen LogP contribution in [0.15, 0.2) is 0 Å². The van der Waals surface area contributed by atoms with Gasteiger partial charge in [0.15, 0.2) is 0 Å². The molecule has 1 unspecified atom stereocenters. The topological polar surface area (TPSA) is 57.6 Å². The lowest BCUT2D eigenvalue weighted by molar-refractivity contribution is -0.153. The van der Waals surface area contributed by atoms with Crippen molar-refractivity contribution in [2.24, 2.45) is 5.92 Å². The second-order valence-electron chi connectivity index (χ2n) is 5.58. The molecule has 1 atom stereocenters. The van der Waals surface area contributed by atoms with Crippen LogP contribution in [0.4, 0.5) is 0 Å². The van der Waals surface area contributed by atoms with Gasteiger partial charge in [-0.1, -0.05) is 25.7 Å². The van der Waals surface area contributed by atoms with E-state index in [-0.39, 0.29) is 11.8 Å². The summed E-state index contributed by atoms with van der Waals surface area (Å²) in [6, 6.07) is -0.573. The zero-order valence-electron chi connectivity index (χ0n) is 10.9. The van der Waals surface area contributed by atoms with Gasteiger partial charge in [-0.15, -0.1) is 0 Å². The summed E-state index contributed by atoms with van der Waals surface area (Å²) in [7, 11) is 0. The summed E-state index contributed by atoms with van der Waals surface area (Å²) in [6.45, 7) is 0.631. The van der Waals surface area contributed by atoms with Crippen LogP contribution in [0, 0.1) is 5.92 Å². The maximum atomic E-state index is 12.1. The van der Waals surface area contributed by atoms with Crippen molar-refractivity contribution < 1.29 is 14.7 Å². The molecule has 1 saturated carbocycles. The lowest BCUT2D eigenvalue weighted by atomic mass is 9.83.